The fourth-order valence-corrected chi connectivity index (χ4v) is 1.23. The van der Waals surface area contributed by atoms with Crippen LogP contribution in [0.25, 0.3) is 0 Å². The number of hydrogen-bond donors (Lipinski definition) is 1. The number of hydrogen-bond acceptors (Lipinski definition) is 2. The summed E-state index contributed by atoms with van der Waals surface area (Å²) in [5, 5.41) is 11.3. The van der Waals surface area contributed by atoms with Crippen LogP contribution in [0, 0.1) is 11.3 Å². The van der Waals surface area contributed by atoms with Gasteiger partial charge in [-0.3, -0.25) is 4.79 Å². The molecule has 0 fully saturated rings. The van der Waals surface area contributed by atoms with Crippen LogP contribution in [0.3, 0.4) is 0 Å². The molecule has 1 N–H and O–H groups in total. The van der Waals surface area contributed by atoms with Gasteiger partial charge in [0.25, 0.3) is 0 Å². The van der Waals surface area contributed by atoms with Gasteiger partial charge in [-0.2, -0.15) is 5.26 Å². The molecule has 0 aliphatic heterocycles. The van der Waals surface area contributed by atoms with Crippen molar-refractivity contribution < 1.29 is 4.79 Å². The maximum absolute atomic E-state index is 10.8. The highest BCUT2D eigenvalue weighted by Crippen LogP contribution is 2.03. The van der Waals surface area contributed by atoms with Crippen LogP contribution in [0.5, 0.6) is 0 Å². The van der Waals surface area contributed by atoms with Crippen molar-refractivity contribution in [3.63, 3.8) is 0 Å². The molecule has 0 bridgehead atoms. The van der Waals surface area contributed by atoms with Gasteiger partial charge in [0.05, 0.1) is 11.6 Å². The SMILES string of the molecule is N#Cc1ccc(CCNC(=O)CCl)cc1. The van der Waals surface area contributed by atoms with Crippen molar-refractivity contribution >= 4 is 17.5 Å². The third-order valence-corrected chi connectivity index (χ3v) is 2.18. The van der Waals surface area contributed by atoms with E-state index in [0.29, 0.717) is 12.1 Å². The van der Waals surface area contributed by atoms with E-state index >= 15 is 0 Å². The standard InChI is InChI=1S/C11H11ClN2O/c12-7-11(15)14-6-5-9-1-3-10(8-13)4-2-9/h1-4H,5-7H2,(H,14,15). The van der Waals surface area contributed by atoms with E-state index in [0.717, 1.165) is 12.0 Å². The highest BCUT2D eigenvalue weighted by Gasteiger charge is 1.98. The Labute approximate surface area is 93.7 Å². The second kappa shape index (κ2) is 6.05. The Hall–Kier alpha value is -1.53. The summed E-state index contributed by atoms with van der Waals surface area (Å²) in [7, 11) is 0. The first-order valence-corrected chi connectivity index (χ1v) is 5.11. The highest BCUT2D eigenvalue weighted by molar-refractivity contribution is 6.27. The summed E-state index contributed by atoms with van der Waals surface area (Å²) in [6.45, 7) is 0.567. The molecule has 1 amide bonds. The monoisotopic (exact) mass is 222 g/mol. The number of carbonyl (C=O) groups excluding carboxylic acids is 1. The van der Waals surface area contributed by atoms with Gasteiger partial charge in [0.15, 0.2) is 0 Å². The summed E-state index contributed by atoms with van der Waals surface area (Å²) in [5.74, 6) is -0.168. The Morgan fingerprint density at radius 1 is 1.40 bits per heavy atom. The van der Waals surface area contributed by atoms with E-state index < -0.39 is 0 Å². The number of nitriles is 1. The third kappa shape index (κ3) is 4.01. The van der Waals surface area contributed by atoms with Crippen LogP contribution < -0.4 is 5.32 Å². The molecule has 0 radical (unpaired) electrons. The molecule has 1 aromatic carbocycles. The van der Waals surface area contributed by atoms with E-state index in [-0.39, 0.29) is 11.8 Å². The van der Waals surface area contributed by atoms with Gasteiger partial charge in [-0.1, -0.05) is 12.1 Å². The Morgan fingerprint density at radius 2 is 2.07 bits per heavy atom. The lowest BCUT2D eigenvalue weighted by molar-refractivity contribution is -0.118. The van der Waals surface area contributed by atoms with Gasteiger partial charge in [-0.05, 0) is 24.1 Å². The van der Waals surface area contributed by atoms with Crippen molar-refractivity contribution in [2.45, 2.75) is 6.42 Å². The van der Waals surface area contributed by atoms with Crippen molar-refractivity contribution in [3.05, 3.63) is 35.4 Å². The molecule has 0 saturated heterocycles. The fourth-order valence-electron chi connectivity index (χ4n) is 1.14. The maximum atomic E-state index is 10.8. The second-order valence-electron chi connectivity index (χ2n) is 3.04. The number of benzene rings is 1. The molecule has 0 heterocycles. The van der Waals surface area contributed by atoms with Gasteiger partial charge in [0.2, 0.25) is 5.91 Å². The molecule has 1 rings (SSSR count). The molecular weight excluding hydrogens is 212 g/mol. The van der Waals surface area contributed by atoms with E-state index in [4.69, 9.17) is 16.9 Å². The van der Waals surface area contributed by atoms with Gasteiger partial charge in [0, 0.05) is 6.54 Å². The molecule has 0 aliphatic rings. The zero-order valence-corrected chi connectivity index (χ0v) is 8.92. The van der Waals surface area contributed by atoms with Gasteiger partial charge in [-0.15, -0.1) is 11.6 Å². The van der Waals surface area contributed by atoms with Crippen LogP contribution in [0.15, 0.2) is 24.3 Å². The summed E-state index contributed by atoms with van der Waals surface area (Å²) < 4.78 is 0. The minimum Gasteiger partial charge on any atom is -0.355 e. The zero-order chi connectivity index (χ0) is 11.1. The average molecular weight is 223 g/mol. The molecule has 15 heavy (non-hydrogen) atoms. The number of amides is 1. The number of rotatable bonds is 4. The van der Waals surface area contributed by atoms with Crippen molar-refractivity contribution in [1.82, 2.24) is 5.32 Å². The Bertz CT molecular complexity index is 367. The minimum absolute atomic E-state index is 0.00658. The highest BCUT2D eigenvalue weighted by atomic mass is 35.5. The first-order valence-electron chi connectivity index (χ1n) is 4.58. The van der Waals surface area contributed by atoms with Crippen LogP contribution >= 0.6 is 11.6 Å². The first-order chi connectivity index (χ1) is 7.26. The lowest BCUT2D eigenvalue weighted by atomic mass is 10.1. The van der Waals surface area contributed by atoms with Crippen molar-refractivity contribution in [2.75, 3.05) is 12.4 Å². The number of nitrogens with zero attached hydrogens (tertiary/aromatic N) is 1. The molecule has 1 aromatic rings. The minimum atomic E-state index is -0.162. The van der Waals surface area contributed by atoms with Crippen LogP contribution in [0.4, 0.5) is 0 Å². The van der Waals surface area contributed by atoms with E-state index in [1.807, 2.05) is 12.1 Å². The third-order valence-electron chi connectivity index (χ3n) is 1.94. The van der Waals surface area contributed by atoms with E-state index in [1.54, 1.807) is 12.1 Å². The van der Waals surface area contributed by atoms with Crippen molar-refractivity contribution in [3.8, 4) is 6.07 Å². The van der Waals surface area contributed by atoms with Gasteiger partial charge in [0.1, 0.15) is 5.88 Å². The van der Waals surface area contributed by atoms with Crippen molar-refractivity contribution in [2.24, 2.45) is 0 Å². The van der Waals surface area contributed by atoms with Crippen LogP contribution in [0.1, 0.15) is 11.1 Å². The number of alkyl halides is 1. The summed E-state index contributed by atoms with van der Waals surface area (Å²) in [4.78, 5) is 10.8. The predicted octanol–water partition coefficient (Wildman–Crippen LogP) is 1.46. The summed E-state index contributed by atoms with van der Waals surface area (Å²) in [6, 6.07) is 9.34. The molecule has 0 aliphatic carbocycles. The largest absolute Gasteiger partial charge is 0.355 e. The van der Waals surface area contributed by atoms with E-state index in [1.165, 1.54) is 0 Å². The van der Waals surface area contributed by atoms with Crippen LogP contribution in [0.2, 0.25) is 0 Å². The predicted molar refractivity (Wildman–Crippen MR) is 58.6 cm³/mol. The summed E-state index contributed by atoms with van der Waals surface area (Å²) in [5.41, 5.74) is 1.73. The quantitative estimate of drug-likeness (QED) is 0.785. The molecule has 4 heteroatoms. The summed E-state index contributed by atoms with van der Waals surface area (Å²) >= 11 is 5.33. The Balaban J connectivity index is 2.38. The average Bonchev–Trinajstić information content (AvgIpc) is 2.29. The molecule has 0 spiro atoms. The maximum Gasteiger partial charge on any atom is 0.234 e. The van der Waals surface area contributed by atoms with Gasteiger partial charge >= 0.3 is 0 Å². The number of nitrogens with one attached hydrogen (secondary N) is 1. The topological polar surface area (TPSA) is 52.9 Å². The lowest BCUT2D eigenvalue weighted by Crippen LogP contribution is -2.26. The molecule has 3 nitrogen and oxygen atoms in total. The smallest absolute Gasteiger partial charge is 0.234 e. The molecule has 78 valence electrons. The normalized spacial score (nSPS) is 9.33. The molecule has 0 atom stereocenters. The van der Waals surface area contributed by atoms with Gasteiger partial charge in [-0.25, -0.2) is 0 Å². The van der Waals surface area contributed by atoms with Crippen molar-refractivity contribution in [1.29, 1.82) is 5.26 Å². The van der Waals surface area contributed by atoms with E-state index in [9.17, 15) is 4.79 Å². The molecule has 0 unspecified atom stereocenters. The van der Waals surface area contributed by atoms with Gasteiger partial charge < -0.3 is 5.32 Å². The first kappa shape index (κ1) is 11.5. The van der Waals surface area contributed by atoms with Crippen LogP contribution in [-0.2, 0) is 11.2 Å². The molecule has 0 aromatic heterocycles. The van der Waals surface area contributed by atoms with Crippen LogP contribution in [-0.4, -0.2) is 18.3 Å². The number of halogens is 1. The Morgan fingerprint density at radius 3 is 2.60 bits per heavy atom. The molecular formula is C11H11ClN2O. The second-order valence-corrected chi connectivity index (χ2v) is 3.31. The molecule has 0 saturated carbocycles. The zero-order valence-electron chi connectivity index (χ0n) is 8.16. The Kier molecular flexibility index (Phi) is 4.65. The fraction of sp³-hybridized carbons (Fsp3) is 0.273. The number of carbonyl (C=O) groups is 1. The lowest BCUT2D eigenvalue weighted by Gasteiger charge is -2.02. The van der Waals surface area contributed by atoms with E-state index in [2.05, 4.69) is 11.4 Å². The summed E-state index contributed by atoms with van der Waals surface area (Å²) in [6.07, 6.45) is 0.744.